The number of carbonyl (C=O) groups excluding carboxylic acids is 1. The number of hydrogen-bond donors (Lipinski definition) is 1. The monoisotopic (exact) mass is 170 g/mol. The molecule has 0 spiro atoms. The van der Waals surface area contributed by atoms with E-state index in [1.165, 1.54) is 0 Å². The Labute approximate surface area is 72.0 Å². The highest BCUT2D eigenvalue weighted by Gasteiger charge is 2.31. The zero-order valence-electron chi connectivity index (χ0n) is 7.63. The highest BCUT2D eigenvalue weighted by atomic mass is 16.5. The number of aliphatic hydroxyl groups excluding tert-OH is 1. The van der Waals surface area contributed by atoms with Gasteiger partial charge in [0.1, 0.15) is 11.9 Å². The first kappa shape index (κ1) is 9.10. The smallest absolute Gasteiger partial charge is 0.337 e. The van der Waals surface area contributed by atoms with E-state index in [9.17, 15) is 9.90 Å². The molecule has 12 heavy (non-hydrogen) atoms. The molecular formula is C9H14O3. The number of aliphatic hydroxyl groups is 1. The van der Waals surface area contributed by atoms with Crippen molar-refractivity contribution >= 4 is 5.97 Å². The van der Waals surface area contributed by atoms with Gasteiger partial charge >= 0.3 is 5.97 Å². The van der Waals surface area contributed by atoms with Gasteiger partial charge < -0.3 is 9.84 Å². The zero-order valence-corrected chi connectivity index (χ0v) is 7.63. The fraction of sp³-hybridized carbons (Fsp3) is 0.667. The largest absolute Gasteiger partial charge is 0.511 e. The summed E-state index contributed by atoms with van der Waals surface area (Å²) >= 11 is 0. The lowest BCUT2D eigenvalue weighted by molar-refractivity contribution is -0.149. The summed E-state index contributed by atoms with van der Waals surface area (Å²) in [5.41, 5.74) is 0.340. The number of esters is 1. The molecule has 0 amide bonds. The number of hydrogen-bond acceptors (Lipinski definition) is 3. The van der Waals surface area contributed by atoms with Crippen LogP contribution in [0.2, 0.25) is 0 Å². The molecule has 68 valence electrons. The minimum absolute atomic E-state index is 0.0623. The molecule has 1 N–H and O–H groups in total. The minimum Gasteiger partial charge on any atom is -0.511 e. The maximum Gasteiger partial charge on any atom is 0.337 e. The van der Waals surface area contributed by atoms with Crippen LogP contribution in [-0.2, 0) is 9.53 Å². The predicted molar refractivity (Wildman–Crippen MR) is 44.7 cm³/mol. The molecule has 1 rings (SSSR count). The van der Waals surface area contributed by atoms with Gasteiger partial charge in [-0.25, -0.2) is 4.79 Å². The lowest BCUT2D eigenvalue weighted by Crippen LogP contribution is -2.32. The van der Waals surface area contributed by atoms with Crippen LogP contribution in [0.5, 0.6) is 0 Å². The van der Waals surface area contributed by atoms with Crippen LogP contribution in [0.15, 0.2) is 11.3 Å². The van der Waals surface area contributed by atoms with Crippen molar-refractivity contribution in [2.24, 2.45) is 5.92 Å². The normalized spacial score (nSPS) is 30.4. The van der Waals surface area contributed by atoms with Gasteiger partial charge in [-0.05, 0) is 13.3 Å². The van der Waals surface area contributed by atoms with E-state index >= 15 is 0 Å². The number of cyclic esters (lactones) is 1. The summed E-state index contributed by atoms with van der Waals surface area (Å²) in [4.78, 5) is 11.1. The third-order valence-electron chi connectivity index (χ3n) is 2.34. The van der Waals surface area contributed by atoms with Crippen molar-refractivity contribution in [3.8, 4) is 0 Å². The first-order valence-corrected chi connectivity index (χ1v) is 4.18. The van der Waals surface area contributed by atoms with E-state index in [0.29, 0.717) is 5.57 Å². The molecule has 1 aliphatic heterocycles. The van der Waals surface area contributed by atoms with Crippen molar-refractivity contribution in [3.63, 3.8) is 0 Å². The summed E-state index contributed by atoms with van der Waals surface area (Å²) < 4.78 is 5.07. The zero-order chi connectivity index (χ0) is 9.30. The van der Waals surface area contributed by atoms with E-state index in [1.54, 1.807) is 6.92 Å². The average Bonchev–Trinajstić information content (AvgIpc) is 2.08. The Morgan fingerprint density at radius 1 is 1.58 bits per heavy atom. The van der Waals surface area contributed by atoms with Gasteiger partial charge in [0.25, 0.3) is 0 Å². The van der Waals surface area contributed by atoms with E-state index < -0.39 is 5.97 Å². The Morgan fingerprint density at radius 2 is 2.17 bits per heavy atom. The Balaban J connectivity index is 2.93. The van der Waals surface area contributed by atoms with Crippen molar-refractivity contribution in [1.29, 1.82) is 0 Å². The van der Waals surface area contributed by atoms with Gasteiger partial charge in [-0.1, -0.05) is 13.8 Å². The van der Waals surface area contributed by atoms with E-state index in [1.807, 2.05) is 13.8 Å². The fourth-order valence-corrected chi connectivity index (χ4v) is 1.39. The van der Waals surface area contributed by atoms with Crippen LogP contribution >= 0.6 is 0 Å². The summed E-state index contributed by atoms with van der Waals surface area (Å²) in [7, 11) is 0. The van der Waals surface area contributed by atoms with Crippen LogP contribution in [0.3, 0.4) is 0 Å². The maximum atomic E-state index is 11.1. The van der Waals surface area contributed by atoms with Crippen molar-refractivity contribution < 1.29 is 14.6 Å². The molecule has 0 unspecified atom stereocenters. The molecule has 0 bridgehead atoms. The Kier molecular flexibility index (Phi) is 2.40. The quantitative estimate of drug-likeness (QED) is 0.610. The summed E-state index contributed by atoms with van der Waals surface area (Å²) in [5.74, 6) is -0.275. The van der Waals surface area contributed by atoms with Crippen LogP contribution in [0.1, 0.15) is 27.2 Å². The summed E-state index contributed by atoms with van der Waals surface area (Å²) in [6.45, 7) is 5.38. The second-order valence-electron chi connectivity index (χ2n) is 3.15. The minimum atomic E-state index is -0.391. The lowest BCUT2D eigenvalue weighted by atomic mass is 9.95. The molecule has 0 radical (unpaired) electrons. The molecule has 0 aromatic rings. The van der Waals surface area contributed by atoms with Gasteiger partial charge in [-0.3, -0.25) is 0 Å². The Bertz CT molecular complexity index is 230. The first-order chi connectivity index (χ1) is 5.57. The molecule has 0 fully saturated rings. The number of rotatable bonds is 1. The second kappa shape index (κ2) is 3.17. The van der Waals surface area contributed by atoms with Crippen LogP contribution in [0.25, 0.3) is 0 Å². The highest BCUT2D eigenvalue weighted by Crippen LogP contribution is 2.26. The average molecular weight is 170 g/mol. The maximum absolute atomic E-state index is 11.1. The lowest BCUT2D eigenvalue weighted by Gasteiger charge is -2.28. The molecule has 0 aromatic heterocycles. The topological polar surface area (TPSA) is 46.5 Å². The van der Waals surface area contributed by atoms with Crippen LogP contribution in [-0.4, -0.2) is 17.2 Å². The van der Waals surface area contributed by atoms with Crippen LogP contribution in [0, 0.1) is 5.92 Å². The molecule has 0 saturated heterocycles. The van der Waals surface area contributed by atoms with Crippen molar-refractivity contribution in [1.82, 2.24) is 0 Å². The van der Waals surface area contributed by atoms with Crippen LogP contribution < -0.4 is 0 Å². The second-order valence-corrected chi connectivity index (χ2v) is 3.15. The molecule has 3 heteroatoms. The van der Waals surface area contributed by atoms with Crippen molar-refractivity contribution in [3.05, 3.63) is 11.3 Å². The third kappa shape index (κ3) is 1.31. The van der Waals surface area contributed by atoms with E-state index in [-0.39, 0.29) is 17.8 Å². The number of ether oxygens (including phenoxy) is 1. The predicted octanol–water partition coefficient (Wildman–Crippen LogP) is 1.79. The highest BCUT2D eigenvalue weighted by molar-refractivity contribution is 5.89. The SMILES string of the molecule is CC[C@@H]1OC(=O)C(C)=C(O)[C@H]1C. The van der Waals surface area contributed by atoms with Gasteiger partial charge in [-0.2, -0.15) is 0 Å². The molecule has 0 aromatic carbocycles. The van der Waals surface area contributed by atoms with Crippen molar-refractivity contribution in [2.75, 3.05) is 0 Å². The summed E-state index contributed by atoms with van der Waals surface area (Å²) in [5, 5.41) is 9.50. The molecule has 2 atom stereocenters. The molecule has 0 saturated carbocycles. The van der Waals surface area contributed by atoms with E-state index in [2.05, 4.69) is 0 Å². The van der Waals surface area contributed by atoms with Gasteiger partial charge in [0.15, 0.2) is 0 Å². The van der Waals surface area contributed by atoms with Gasteiger partial charge in [-0.15, -0.1) is 0 Å². The first-order valence-electron chi connectivity index (χ1n) is 4.18. The molecule has 3 nitrogen and oxygen atoms in total. The molecule has 1 aliphatic rings. The standard InChI is InChI=1S/C9H14O3/c1-4-7-5(2)8(10)6(3)9(11)12-7/h5,7,10H,4H2,1-3H3/t5-,7-/m0/s1. The van der Waals surface area contributed by atoms with Gasteiger partial charge in [0, 0.05) is 0 Å². The van der Waals surface area contributed by atoms with Crippen LogP contribution in [0.4, 0.5) is 0 Å². The van der Waals surface area contributed by atoms with Crippen molar-refractivity contribution in [2.45, 2.75) is 33.3 Å². The van der Waals surface area contributed by atoms with E-state index in [0.717, 1.165) is 6.42 Å². The molecule has 1 heterocycles. The summed E-state index contributed by atoms with van der Waals surface area (Å²) in [6, 6.07) is 0. The molecule has 0 aliphatic carbocycles. The Hall–Kier alpha value is -0.990. The Morgan fingerprint density at radius 3 is 2.67 bits per heavy atom. The fourth-order valence-electron chi connectivity index (χ4n) is 1.39. The number of carbonyl (C=O) groups is 1. The van der Waals surface area contributed by atoms with Gasteiger partial charge in [0.05, 0.1) is 11.5 Å². The third-order valence-corrected chi connectivity index (χ3v) is 2.34. The summed E-state index contributed by atoms with van der Waals surface area (Å²) in [6.07, 6.45) is 0.575. The van der Waals surface area contributed by atoms with Gasteiger partial charge in [0.2, 0.25) is 0 Å². The van der Waals surface area contributed by atoms with E-state index in [4.69, 9.17) is 4.74 Å². The molecular weight excluding hydrogens is 156 g/mol.